The number of esters is 3. The molecule has 0 bridgehead atoms. The van der Waals surface area contributed by atoms with Gasteiger partial charge in [-0.2, -0.15) is 0 Å². The number of nitrogens with two attached hydrogens (primary N) is 7. The summed E-state index contributed by atoms with van der Waals surface area (Å²) < 4.78 is 9.32. The molecule has 0 saturated heterocycles. The second-order valence-electron chi connectivity index (χ2n) is 10.6. The summed E-state index contributed by atoms with van der Waals surface area (Å²) in [6.07, 6.45) is 2.04. The van der Waals surface area contributed by atoms with Crippen molar-refractivity contribution in [3.8, 4) is 0 Å². The van der Waals surface area contributed by atoms with E-state index in [1.54, 1.807) is 13.8 Å². The van der Waals surface area contributed by atoms with Gasteiger partial charge in [0.1, 0.15) is 36.8 Å². The smallest absolute Gasteiger partial charge is 0.330 e. The van der Waals surface area contributed by atoms with Gasteiger partial charge < -0.3 is 59.8 Å². The molecule has 0 aliphatic carbocycles. The molecule has 17 heteroatoms. The third kappa shape index (κ3) is 23.8. The number of carbonyl (C=O) groups excluding carboxylic acids is 3. The molecule has 0 unspecified atom stereocenters. The van der Waals surface area contributed by atoms with E-state index in [-0.39, 0.29) is 30.3 Å². The van der Waals surface area contributed by atoms with Crippen molar-refractivity contribution in [2.75, 3.05) is 13.2 Å². The van der Waals surface area contributed by atoms with Gasteiger partial charge in [-0.1, -0.05) is 48.0 Å². The molecular weight excluding hydrogens is 568 g/mol. The number of aliphatic carboxylic acids is 2. The SMILES string of the molecule is CC(C)C[C@H](N)C(=O)OC(=O)[C@@H](N)CCCN=C(N)N.CC(C)[C@H](N)C(=O)O.CC[C@H](C)[C@H](N)C(=O)OC[C@H](N)C(=O)O. The van der Waals surface area contributed by atoms with Crippen LogP contribution < -0.4 is 40.1 Å². The van der Waals surface area contributed by atoms with E-state index < -0.39 is 60.1 Å². The maximum atomic E-state index is 11.6. The quantitative estimate of drug-likeness (QED) is 0.0300. The third-order valence-electron chi connectivity index (χ3n) is 5.75. The molecular formula is C26H54N8O9. The van der Waals surface area contributed by atoms with Crippen LogP contribution in [0.5, 0.6) is 0 Å². The molecule has 0 radical (unpaired) electrons. The van der Waals surface area contributed by atoms with E-state index in [1.165, 1.54) is 0 Å². The van der Waals surface area contributed by atoms with E-state index in [4.69, 9.17) is 50.3 Å². The van der Waals surface area contributed by atoms with Gasteiger partial charge in [-0.15, -0.1) is 0 Å². The highest BCUT2D eigenvalue weighted by Gasteiger charge is 2.24. The van der Waals surface area contributed by atoms with Crippen molar-refractivity contribution >= 4 is 35.8 Å². The van der Waals surface area contributed by atoms with Crippen LogP contribution in [-0.2, 0) is 33.4 Å². The number of hydrogen-bond donors (Lipinski definition) is 9. The first-order chi connectivity index (χ1) is 19.7. The predicted molar refractivity (Wildman–Crippen MR) is 161 cm³/mol. The van der Waals surface area contributed by atoms with Crippen molar-refractivity contribution in [2.45, 2.75) is 97.4 Å². The lowest BCUT2D eigenvalue weighted by Crippen LogP contribution is -2.42. The number of carboxylic acid groups (broad SMARTS) is 2. The number of carboxylic acids is 2. The molecule has 0 rings (SSSR count). The number of rotatable bonds is 16. The van der Waals surface area contributed by atoms with Crippen LogP contribution in [0.4, 0.5) is 0 Å². The van der Waals surface area contributed by atoms with E-state index >= 15 is 0 Å². The lowest BCUT2D eigenvalue weighted by molar-refractivity contribution is -0.162. The second kappa shape index (κ2) is 24.1. The molecule has 43 heavy (non-hydrogen) atoms. The van der Waals surface area contributed by atoms with Gasteiger partial charge >= 0.3 is 29.8 Å². The van der Waals surface area contributed by atoms with Gasteiger partial charge in [0.2, 0.25) is 0 Å². The van der Waals surface area contributed by atoms with Crippen LogP contribution in [0.15, 0.2) is 4.99 Å². The molecule has 6 atom stereocenters. The van der Waals surface area contributed by atoms with Gasteiger partial charge in [-0.3, -0.25) is 19.4 Å². The van der Waals surface area contributed by atoms with Gasteiger partial charge in [0, 0.05) is 6.54 Å². The minimum absolute atomic E-state index is 0.00134. The normalized spacial score (nSPS) is 14.7. The van der Waals surface area contributed by atoms with Gasteiger partial charge in [-0.25, -0.2) is 9.59 Å². The maximum Gasteiger partial charge on any atom is 0.330 e. The fourth-order valence-corrected chi connectivity index (χ4v) is 2.60. The van der Waals surface area contributed by atoms with Gasteiger partial charge in [-0.05, 0) is 37.0 Å². The highest BCUT2D eigenvalue weighted by Crippen LogP contribution is 2.07. The van der Waals surface area contributed by atoms with Crippen LogP contribution in [0.25, 0.3) is 0 Å². The second-order valence-corrected chi connectivity index (χ2v) is 10.6. The average molecular weight is 623 g/mol. The predicted octanol–water partition coefficient (Wildman–Crippen LogP) is -1.82. The van der Waals surface area contributed by atoms with Crippen LogP contribution >= 0.6 is 0 Å². The molecule has 0 aromatic carbocycles. The number of aliphatic imine (C=N–C) groups is 1. The molecule has 0 aromatic rings. The van der Waals surface area contributed by atoms with Crippen LogP contribution in [0.1, 0.15) is 67.2 Å². The zero-order valence-corrected chi connectivity index (χ0v) is 26.1. The summed E-state index contributed by atoms with van der Waals surface area (Å²) in [5.41, 5.74) is 37.4. The Morgan fingerprint density at radius 1 is 0.744 bits per heavy atom. The molecule has 17 nitrogen and oxygen atoms in total. The monoisotopic (exact) mass is 622 g/mol. The van der Waals surface area contributed by atoms with Crippen LogP contribution in [0.2, 0.25) is 0 Å². The number of carbonyl (C=O) groups is 5. The molecule has 0 aliphatic heterocycles. The first-order valence-corrected chi connectivity index (χ1v) is 13.9. The molecule has 252 valence electrons. The molecule has 0 saturated carbocycles. The number of ether oxygens (including phenoxy) is 2. The van der Waals surface area contributed by atoms with Crippen molar-refractivity contribution in [3.05, 3.63) is 0 Å². The lowest BCUT2D eigenvalue weighted by Gasteiger charge is -2.17. The molecule has 0 amide bonds. The zero-order valence-electron chi connectivity index (χ0n) is 26.1. The summed E-state index contributed by atoms with van der Waals surface area (Å²) in [5.74, 6) is -4.04. The Hall–Kier alpha value is -3.38. The van der Waals surface area contributed by atoms with E-state index in [9.17, 15) is 24.0 Å². The minimum Gasteiger partial charge on any atom is -0.480 e. The van der Waals surface area contributed by atoms with E-state index in [2.05, 4.69) is 14.5 Å². The highest BCUT2D eigenvalue weighted by molar-refractivity contribution is 5.90. The van der Waals surface area contributed by atoms with E-state index in [0.717, 1.165) is 6.42 Å². The molecule has 0 fully saturated rings. The standard InChI is InChI=1S/C12H25N5O3.C9H18N2O4.C5H11NO2/c1-7(2)6-9(14)11(19)20-10(18)8(13)4-3-5-17-12(15)16;1-3-5(2)7(11)9(14)15-4-6(10)8(12)13;1-3(2)4(6)5(7)8/h7-9H,3-6,13-14H2,1-2H3,(H4,15,16,17);5-7H,3-4,10-11H2,1-2H3,(H,12,13);3-4H,6H2,1-2H3,(H,7,8)/t8-,9-;5-,6-,7-;4-/m000/s1. The highest BCUT2D eigenvalue weighted by atomic mass is 16.6. The lowest BCUT2D eigenvalue weighted by atomic mass is 10.0. The number of hydrogen-bond acceptors (Lipinski definition) is 13. The van der Waals surface area contributed by atoms with Crippen molar-refractivity contribution in [1.29, 1.82) is 0 Å². The topological polar surface area (TPSA) is 339 Å². The van der Waals surface area contributed by atoms with Crippen molar-refractivity contribution in [1.82, 2.24) is 0 Å². The molecule has 0 heterocycles. The third-order valence-corrected chi connectivity index (χ3v) is 5.75. The Kier molecular flexibility index (Phi) is 24.7. The largest absolute Gasteiger partial charge is 0.480 e. The fraction of sp³-hybridized carbons (Fsp3) is 0.769. The van der Waals surface area contributed by atoms with Crippen molar-refractivity contribution in [2.24, 2.45) is 62.9 Å². The first kappa shape index (κ1) is 44.1. The summed E-state index contributed by atoms with van der Waals surface area (Å²) >= 11 is 0. The number of nitrogens with zero attached hydrogens (tertiary/aromatic N) is 1. The van der Waals surface area contributed by atoms with Crippen LogP contribution in [0.3, 0.4) is 0 Å². The Balaban J connectivity index is -0.000000610. The van der Waals surface area contributed by atoms with Crippen molar-refractivity contribution in [3.63, 3.8) is 0 Å². The van der Waals surface area contributed by atoms with E-state index in [1.807, 2.05) is 27.7 Å². The van der Waals surface area contributed by atoms with E-state index in [0.29, 0.717) is 25.8 Å². The Bertz CT molecular complexity index is 883. The molecule has 0 spiro atoms. The zero-order chi connectivity index (χ0) is 34.4. The summed E-state index contributed by atoms with van der Waals surface area (Å²) in [5, 5.41) is 16.7. The Labute approximate surface area is 253 Å². The summed E-state index contributed by atoms with van der Waals surface area (Å²) in [6, 6.07) is -4.34. The summed E-state index contributed by atoms with van der Waals surface area (Å²) in [4.78, 5) is 58.5. The van der Waals surface area contributed by atoms with Gasteiger partial charge in [0.15, 0.2) is 5.96 Å². The Morgan fingerprint density at radius 3 is 1.63 bits per heavy atom. The maximum absolute atomic E-state index is 11.6. The first-order valence-electron chi connectivity index (χ1n) is 13.9. The molecule has 0 aliphatic rings. The average Bonchev–Trinajstić information content (AvgIpc) is 2.92. The minimum atomic E-state index is -1.21. The van der Waals surface area contributed by atoms with Gasteiger partial charge in [0.25, 0.3) is 0 Å². The Morgan fingerprint density at radius 2 is 1.26 bits per heavy atom. The summed E-state index contributed by atoms with van der Waals surface area (Å²) in [6.45, 7) is 11.1. The van der Waals surface area contributed by atoms with Crippen LogP contribution in [-0.4, -0.2) is 89.4 Å². The summed E-state index contributed by atoms with van der Waals surface area (Å²) in [7, 11) is 0. The number of guanidine groups is 1. The van der Waals surface area contributed by atoms with Crippen molar-refractivity contribution < 1.29 is 43.7 Å². The molecule has 0 aromatic heterocycles. The van der Waals surface area contributed by atoms with Gasteiger partial charge in [0.05, 0.1) is 0 Å². The fourth-order valence-electron chi connectivity index (χ4n) is 2.60. The van der Waals surface area contributed by atoms with Crippen LogP contribution in [0, 0.1) is 17.8 Å². The molecule has 16 N–H and O–H groups in total.